The Morgan fingerprint density at radius 1 is 1.67 bits per heavy atom. The van der Waals surface area contributed by atoms with E-state index in [1.54, 1.807) is 0 Å². The van der Waals surface area contributed by atoms with Crippen LogP contribution in [0.4, 0.5) is 4.79 Å². The SMILES string of the molecule is [2H]N1C(=O)OC([2H])([2H])[C@]1([2H])Cc1ccc2c(c1)c(C([2H])([2H])CN(C([2H])([2H])[2H])C([2H])([2H])[2H])cn2[2H]. The van der Waals surface area contributed by atoms with E-state index in [1.807, 2.05) is 0 Å². The molecule has 1 aromatic heterocycles. The van der Waals surface area contributed by atoms with Crippen molar-refractivity contribution in [2.75, 3.05) is 27.1 Å². The Labute approximate surface area is 142 Å². The monoisotopic (exact) mass is 300 g/mol. The van der Waals surface area contributed by atoms with Crippen LogP contribution in [0.3, 0.4) is 0 Å². The van der Waals surface area contributed by atoms with Crippen molar-refractivity contribution in [2.24, 2.45) is 0 Å². The maximum Gasteiger partial charge on any atom is 0.407 e. The van der Waals surface area contributed by atoms with Gasteiger partial charge in [0, 0.05) is 34.6 Å². The molecule has 1 aliphatic heterocycles. The smallest absolute Gasteiger partial charge is 0.407 e. The van der Waals surface area contributed by atoms with Gasteiger partial charge in [-0.1, -0.05) is 6.07 Å². The molecule has 5 nitrogen and oxygen atoms in total. The average molecular weight is 300 g/mol. The highest BCUT2D eigenvalue weighted by Crippen LogP contribution is 2.21. The summed E-state index contributed by atoms with van der Waals surface area (Å²) in [4.78, 5) is 12.5. The van der Waals surface area contributed by atoms with Gasteiger partial charge in [-0.3, -0.25) is 0 Å². The lowest BCUT2D eigenvalue weighted by atomic mass is 10.0. The summed E-state index contributed by atoms with van der Waals surface area (Å²) >= 11 is 0. The number of hydrogen-bond acceptors (Lipinski definition) is 3. The molecule has 2 aromatic rings. The van der Waals surface area contributed by atoms with Crippen LogP contribution >= 0.6 is 0 Å². The summed E-state index contributed by atoms with van der Waals surface area (Å²) in [6.45, 7) is -10.1. The number of aromatic amines is 1. The zero-order valence-corrected chi connectivity index (χ0v) is 10.9. The number of rotatable bonds is 5. The number of aromatic nitrogens is 1. The maximum absolute atomic E-state index is 11.6. The summed E-state index contributed by atoms with van der Waals surface area (Å²) in [5.41, 5.74) is 0.190. The molecule has 2 heterocycles. The van der Waals surface area contributed by atoms with Crippen LogP contribution in [0, 0.1) is 0 Å². The van der Waals surface area contributed by atoms with Gasteiger partial charge in [0.15, 0.2) is 2.82 Å². The fraction of sp³-hybridized carbons (Fsp3) is 0.438. The Morgan fingerprint density at radius 2 is 2.57 bits per heavy atom. The van der Waals surface area contributed by atoms with Crippen molar-refractivity contribution in [1.82, 2.24) is 15.2 Å². The van der Waals surface area contributed by atoms with Crippen molar-refractivity contribution < 1.29 is 27.4 Å². The molecule has 5 heteroatoms. The Hall–Kier alpha value is -2.01. The van der Waals surface area contributed by atoms with Crippen LogP contribution in [0.25, 0.3) is 10.9 Å². The molecular formula is C16H21N3O2. The van der Waals surface area contributed by atoms with E-state index in [0.29, 0.717) is 0 Å². The predicted octanol–water partition coefficient (Wildman–Crippen LogP) is 1.92. The third-order valence-electron chi connectivity index (χ3n) is 2.97. The largest absolute Gasteiger partial charge is 0.447 e. The molecule has 1 saturated heterocycles. The van der Waals surface area contributed by atoms with Gasteiger partial charge in [0.05, 0.1) is 10.1 Å². The van der Waals surface area contributed by atoms with Gasteiger partial charge in [-0.05, 0) is 50.0 Å². The van der Waals surface area contributed by atoms with Gasteiger partial charge in [0.2, 0.25) is 0 Å². The molecule has 1 aliphatic rings. The van der Waals surface area contributed by atoms with Crippen LogP contribution in [0.5, 0.6) is 0 Å². The molecule has 1 fully saturated rings. The van der Waals surface area contributed by atoms with Gasteiger partial charge in [-0.25, -0.2) is 4.79 Å². The van der Waals surface area contributed by atoms with Gasteiger partial charge in [-0.15, -0.1) is 0 Å². The van der Waals surface area contributed by atoms with Crippen LogP contribution in [-0.4, -0.2) is 49.0 Å². The summed E-state index contributed by atoms with van der Waals surface area (Å²) in [6, 6.07) is 1.66. The van der Waals surface area contributed by atoms with Crippen molar-refractivity contribution in [2.45, 2.75) is 18.8 Å². The first kappa shape index (κ1) is 5.32. The highest BCUT2D eigenvalue weighted by Gasteiger charge is 2.22. The normalized spacial score (nSPS) is 35.6. The molecule has 0 bridgehead atoms. The first-order valence-electron chi connectivity index (χ1n) is 12.5. The van der Waals surface area contributed by atoms with Crippen molar-refractivity contribution >= 4 is 17.0 Å². The standard InChI is InChI=1S/C16H21N3O2/c1-19(2)6-5-12-9-17-15-4-3-11(8-14(12)15)7-13-10-21-16(20)18-13/h3-4,8-9,13,17H,5-7,10H2,1-2H3,(H,18,20)/t13-/m0/s1/i1D3,2D3,5D2,10D2,13D/hD2. The maximum atomic E-state index is 11.6. The molecule has 2 N–H and O–H groups in total. The Kier molecular flexibility index (Phi) is 1.46. The van der Waals surface area contributed by atoms with Crippen molar-refractivity contribution in [3.8, 4) is 0 Å². The summed E-state index contributed by atoms with van der Waals surface area (Å²) in [5, 5.41) is 0.164. The number of nitrogens with zero attached hydrogens (tertiary/aromatic N) is 1. The van der Waals surface area contributed by atoms with Gasteiger partial charge in [0.1, 0.15) is 6.56 Å². The first-order valence-corrected chi connectivity index (χ1v) is 6.14. The van der Waals surface area contributed by atoms with E-state index in [1.165, 1.54) is 18.2 Å². The van der Waals surface area contributed by atoms with E-state index in [9.17, 15) is 4.79 Å². The number of likely N-dealkylation sites (N-methyl/N-ethyl adjacent to an activating group) is 1. The van der Waals surface area contributed by atoms with Gasteiger partial charge >= 0.3 is 6.09 Å². The van der Waals surface area contributed by atoms with E-state index in [2.05, 4.69) is 4.74 Å². The minimum Gasteiger partial charge on any atom is -0.447 e. The van der Waals surface area contributed by atoms with Gasteiger partial charge in [0.25, 0.3) is 0 Å². The van der Waals surface area contributed by atoms with Crippen molar-refractivity contribution in [3.63, 3.8) is 0 Å². The molecule has 112 valence electrons. The number of nitrogens with one attached hydrogen (secondary N) is 2. The number of carbonyl (C=O) groups is 1. The summed E-state index contributed by atoms with van der Waals surface area (Å²) < 4.78 is 106. The highest BCUT2D eigenvalue weighted by molar-refractivity contribution is 5.84. The fourth-order valence-electron chi connectivity index (χ4n) is 2.06. The average Bonchev–Trinajstić information content (AvgIpc) is 3.06. The van der Waals surface area contributed by atoms with Crippen LogP contribution in [-0.2, 0) is 17.5 Å². The summed E-state index contributed by atoms with van der Waals surface area (Å²) in [5.74, 6) is 0. The van der Waals surface area contributed by atoms with Crippen LogP contribution < -0.4 is 5.31 Å². The van der Waals surface area contributed by atoms with E-state index in [-0.39, 0.29) is 32.2 Å². The molecule has 21 heavy (non-hydrogen) atoms. The predicted molar refractivity (Wildman–Crippen MR) is 82.5 cm³/mol. The lowest BCUT2D eigenvalue weighted by molar-refractivity contribution is 0.177. The second-order valence-corrected chi connectivity index (χ2v) is 4.49. The Morgan fingerprint density at radius 3 is 3.33 bits per heavy atom. The molecule has 3 rings (SSSR count). The molecule has 1 amide bonds. The molecule has 0 unspecified atom stereocenters. The number of hydrogen-bond donors (Lipinski definition) is 2. The molecule has 0 spiro atoms. The Balaban J connectivity index is 2.05. The Bertz CT molecular complexity index is 1100. The van der Waals surface area contributed by atoms with Gasteiger partial charge < -0.3 is 19.9 Å². The number of alkyl carbamates (subject to hydrolysis) is 1. The quantitative estimate of drug-likeness (QED) is 0.887. The van der Waals surface area contributed by atoms with Crippen LogP contribution in [0.15, 0.2) is 24.4 Å². The minimum absolute atomic E-state index is 0.0670. The minimum atomic E-state index is -3.13. The van der Waals surface area contributed by atoms with Gasteiger partial charge in [-0.2, -0.15) is 0 Å². The topological polar surface area (TPSA) is 57.4 Å². The van der Waals surface area contributed by atoms with E-state index < -0.39 is 52.0 Å². The molecule has 0 aliphatic carbocycles. The second-order valence-electron chi connectivity index (χ2n) is 4.49. The van der Waals surface area contributed by atoms with E-state index in [0.717, 1.165) is 11.2 Å². The van der Waals surface area contributed by atoms with E-state index >= 15 is 0 Å². The number of ether oxygens (including phenoxy) is 1. The fourth-order valence-corrected chi connectivity index (χ4v) is 2.06. The van der Waals surface area contributed by atoms with Crippen molar-refractivity contribution in [3.05, 3.63) is 35.5 Å². The number of H-pyrrole nitrogens is 1. The third kappa shape index (κ3) is 3.19. The highest BCUT2D eigenvalue weighted by atomic mass is 16.6. The number of benzene rings is 1. The molecular weight excluding hydrogens is 266 g/mol. The number of carbonyl (C=O) groups excluding carboxylic acids is 1. The molecule has 0 saturated carbocycles. The number of fused-ring (bicyclic) bond motifs is 1. The first-order chi connectivity index (χ1) is 15.2. The number of amides is 1. The second kappa shape index (κ2) is 5.77. The molecule has 1 atom stereocenters. The molecule has 0 radical (unpaired) electrons. The molecule has 1 aromatic carbocycles. The van der Waals surface area contributed by atoms with Crippen LogP contribution in [0.1, 0.15) is 26.2 Å². The lowest BCUT2D eigenvalue weighted by Crippen LogP contribution is -2.28. The third-order valence-corrected chi connectivity index (χ3v) is 2.97. The van der Waals surface area contributed by atoms with Crippen molar-refractivity contribution in [1.29, 1.82) is 0 Å². The zero-order valence-electron chi connectivity index (χ0n) is 23.9. The van der Waals surface area contributed by atoms with Crippen LogP contribution in [0.2, 0.25) is 2.82 Å². The lowest BCUT2D eigenvalue weighted by Gasteiger charge is -2.09. The zero-order chi connectivity index (χ0) is 26.1. The number of cyclic esters (lactones) is 1. The summed E-state index contributed by atoms with van der Waals surface area (Å²) in [6.07, 6.45) is -3.34. The summed E-state index contributed by atoms with van der Waals surface area (Å²) in [7, 11) is 0. The van der Waals surface area contributed by atoms with E-state index in [4.69, 9.17) is 17.9 Å².